The van der Waals surface area contributed by atoms with Gasteiger partial charge in [0.05, 0.1) is 25.0 Å². The molecule has 36 heavy (non-hydrogen) atoms. The van der Waals surface area contributed by atoms with Crippen LogP contribution in [0.3, 0.4) is 0 Å². The molecule has 0 heterocycles. The number of rotatable bonds is 7. The molecule has 3 saturated carbocycles. The van der Waals surface area contributed by atoms with Crippen molar-refractivity contribution in [2.75, 3.05) is 6.61 Å². The van der Waals surface area contributed by atoms with E-state index in [0.717, 1.165) is 12.0 Å². The topological polar surface area (TPSA) is 127 Å². The fourth-order valence-electron chi connectivity index (χ4n) is 7.97. The van der Waals surface area contributed by atoms with Gasteiger partial charge in [0.1, 0.15) is 6.10 Å². The van der Waals surface area contributed by atoms with Crippen LogP contribution in [0, 0.1) is 34.5 Å². The maximum atomic E-state index is 12.2. The van der Waals surface area contributed by atoms with Crippen LogP contribution in [-0.4, -0.2) is 52.2 Å². The zero-order chi connectivity index (χ0) is 27.3. The molecule has 0 aromatic carbocycles. The van der Waals surface area contributed by atoms with Gasteiger partial charge in [0.15, 0.2) is 5.78 Å². The first kappa shape index (κ1) is 25.2. The van der Waals surface area contributed by atoms with Crippen molar-refractivity contribution in [3.8, 4) is 0 Å². The van der Waals surface area contributed by atoms with Crippen molar-refractivity contribution in [3.63, 3.8) is 0 Å². The third-order valence-corrected chi connectivity index (χ3v) is 9.54. The fraction of sp³-hybridized carbons (Fsp3) is 0.714. The Kier molecular flexibility index (Phi) is 6.60. The van der Waals surface area contributed by atoms with Crippen LogP contribution >= 0.6 is 0 Å². The van der Waals surface area contributed by atoms with Gasteiger partial charge in [-0.2, -0.15) is 0 Å². The number of allylic oxidation sites excluding steroid dienone is 4. The molecule has 4 rings (SSSR count). The molecule has 9 atom stereocenters. The van der Waals surface area contributed by atoms with E-state index in [1.165, 1.54) is 6.92 Å². The summed E-state index contributed by atoms with van der Waals surface area (Å²) in [6.07, 6.45) is 5.17. The number of carboxylic acids is 1. The lowest BCUT2D eigenvalue weighted by Gasteiger charge is -2.61. The molecule has 8 heteroatoms. The number of ketones is 1. The standard InChI is InChI=1S/C28H38O8/c1-16-13-19-20-8-10-28(34,11-12-35-24(33)6-5-23(31)32)27(20,4)15-22(36-17(2)29)25(19)26(3)9-7-18(30)14-21(16)26/h7,9,14,16,19-20,22,25,34H,5-6,8,10-13,15H2,1-4H3,(H,31,32)/t16-,19-,20-,22+,25+,26-,27-,28-/m0/s1/i11D/t11-,16+,19+,20+,22-,25-,26+,27+,28+/m1. The van der Waals surface area contributed by atoms with Crippen LogP contribution in [0.25, 0.3) is 0 Å². The van der Waals surface area contributed by atoms with E-state index in [-0.39, 0.29) is 48.9 Å². The molecule has 8 nitrogen and oxygen atoms in total. The Morgan fingerprint density at radius 3 is 2.64 bits per heavy atom. The van der Waals surface area contributed by atoms with E-state index in [1.807, 2.05) is 13.0 Å². The van der Waals surface area contributed by atoms with Gasteiger partial charge in [-0.3, -0.25) is 19.2 Å². The number of fused-ring (bicyclic) bond motifs is 5. The third-order valence-electron chi connectivity index (χ3n) is 9.54. The lowest BCUT2D eigenvalue weighted by atomic mass is 9.45. The summed E-state index contributed by atoms with van der Waals surface area (Å²) in [5.41, 5.74) is -1.65. The van der Waals surface area contributed by atoms with Gasteiger partial charge in [-0.05, 0) is 55.6 Å². The molecule has 0 unspecified atom stereocenters. The van der Waals surface area contributed by atoms with Crippen LogP contribution < -0.4 is 0 Å². The molecule has 0 spiro atoms. The van der Waals surface area contributed by atoms with E-state index < -0.39 is 46.8 Å². The quantitative estimate of drug-likeness (QED) is 0.505. The monoisotopic (exact) mass is 503 g/mol. The normalized spacial score (nSPS) is 42.2. The average molecular weight is 504 g/mol. The Bertz CT molecular complexity index is 1050. The molecule has 0 saturated heterocycles. The van der Waals surface area contributed by atoms with Crippen LogP contribution in [0.15, 0.2) is 23.8 Å². The number of esters is 2. The van der Waals surface area contributed by atoms with Crippen molar-refractivity contribution in [1.82, 2.24) is 0 Å². The molecule has 0 amide bonds. The lowest BCUT2D eigenvalue weighted by molar-refractivity contribution is -0.193. The zero-order valence-electron chi connectivity index (χ0n) is 22.5. The van der Waals surface area contributed by atoms with Crippen molar-refractivity contribution in [3.05, 3.63) is 23.8 Å². The van der Waals surface area contributed by atoms with E-state index in [2.05, 4.69) is 13.8 Å². The number of hydrogen-bond donors (Lipinski definition) is 2. The van der Waals surface area contributed by atoms with Crippen LogP contribution in [0.5, 0.6) is 0 Å². The summed E-state index contributed by atoms with van der Waals surface area (Å²) in [5.74, 6) is -2.05. The number of hydrogen-bond acceptors (Lipinski definition) is 7. The van der Waals surface area contributed by atoms with Crippen molar-refractivity contribution >= 4 is 23.7 Å². The van der Waals surface area contributed by atoms with Crippen LogP contribution in [0.1, 0.15) is 74.0 Å². The molecule has 0 aromatic heterocycles. The maximum Gasteiger partial charge on any atom is 0.306 e. The van der Waals surface area contributed by atoms with Gasteiger partial charge < -0.3 is 19.7 Å². The molecule has 0 aromatic rings. The first-order valence-corrected chi connectivity index (χ1v) is 12.9. The molecule has 0 bridgehead atoms. The highest BCUT2D eigenvalue weighted by Gasteiger charge is 2.67. The van der Waals surface area contributed by atoms with Gasteiger partial charge in [0.25, 0.3) is 0 Å². The van der Waals surface area contributed by atoms with E-state index in [9.17, 15) is 24.3 Å². The molecule has 198 valence electrons. The first-order valence-electron chi connectivity index (χ1n) is 13.4. The zero-order valence-corrected chi connectivity index (χ0v) is 21.5. The highest BCUT2D eigenvalue weighted by atomic mass is 16.5. The molecule has 3 fully saturated rings. The number of carbonyl (C=O) groups excluding carboxylic acids is 3. The van der Waals surface area contributed by atoms with Gasteiger partial charge in [-0.25, -0.2) is 0 Å². The summed E-state index contributed by atoms with van der Waals surface area (Å²) in [6.45, 7) is 7.22. The van der Waals surface area contributed by atoms with E-state index >= 15 is 0 Å². The lowest BCUT2D eigenvalue weighted by Crippen LogP contribution is -2.61. The number of carboxylic acid groups (broad SMARTS) is 1. The number of aliphatic carboxylic acids is 1. The third kappa shape index (κ3) is 4.42. The fourth-order valence-corrected chi connectivity index (χ4v) is 7.97. The number of carbonyl (C=O) groups is 4. The number of ether oxygens (including phenoxy) is 2. The Balaban J connectivity index is 1.64. The minimum Gasteiger partial charge on any atom is -0.481 e. The second-order valence-electron chi connectivity index (χ2n) is 11.6. The van der Waals surface area contributed by atoms with E-state index in [1.54, 1.807) is 12.2 Å². The van der Waals surface area contributed by atoms with Gasteiger partial charge in [-0.1, -0.05) is 32.4 Å². The van der Waals surface area contributed by atoms with Gasteiger partial charge >= 0.3 is 17.9 Å². The van der Waals surface area contributed by atoms with Crippen molar-refractivity contribution < 1.29 is 40.2 Å². The largest absolute Gasteiger partial charge is 0.481 e. The molecule has 0 radical (unpaired) electrons. The minimum absolute atomic E-state index is 0.0346. The molecule has 4 aliphatic carbocycles. The van der Waals surface area contributed by atoms with Crippen molar-refractivity contribution in [2.24, 2.45) is 34.5 Å². The summed E-state index contributed by atoms with van der Waals surface area (Å²) in [7, 11) is 0. The average Bonchev–Trinajstić information content (AvgIpc) is 3.08. The Morgan fingerprint density at radius 2 is 1.97 bits per heavy atom. The maximum absolute atomic E-state index is 12.2. The second kappa shape index (κ2) is 9.43. The predicted molar refractivity (Wildman–Crippen MR) is 129 cm³/mol. The van der Waals surface area contributed by atoms with Crippen molar-refractivity contribution in [2.45, 2.75) is 84.3 Å². The highest BCUT2D eigenvalue weighted by Crippen LogP contribution is 2.68. The summed E-state index contributed by atoms with van der Waals surface area (Å²) >= 11 is 0. The summed E-state index contributed by atoms with van der Waals surface area (Å²) in [4.78, 5) is 47.2. The SMILES string of the molecule is [2H][C@H](COC(=O)CCC(=O)O)[C@@]1(O)CC[C@H]2[C@@H]3C[C@H](C)C4=CC(=O)C=C[C@]4(C)[C@H]3[C@H](OC(C)=O)C[C@@]21C. The smallest absolute Gasteiger partial charge is 0.306 e. The van der Waals surface area contributed by atoms with Gasteiger partial charge in [-0.15, -0.1) is 0 Å². The molecule has 2 N–H and O–H groups in total. The second-order valence-corrected chi connectivity index (χ2v) is 11.6. The molecule has 4 aliphatic rings. The Labute approximate surface area is 213 Å². The highest BCUT2D eigenvalue weighted by molar-refractivity contribution is 6.01. The first-order chi connectivity index (χ1) is 17.2. The minimum atomic E-state index is -1.48. The molecular weight excluding hydrogens is 464 g/mol. The van der Waals surface area contributed by atoms with E-state index in [0.29, 0.717) is 19.3 Å². The van der Waals surface area contributed by atoms with Gasteiger partial charge in [0.2, 0.25) is 0 Å². The van der Waals surface area contributed by atoms with Crippen LogP contribution in [0.2, 0.25) is 0 Å². The summed E-state index contributed by atoms with van der Waals surface area (Å²) in [6, 6.07) is 0. The van der Waals surface area contributed by atoms with Crippen LogP contribution in [0.4, 0.5) is 0 Å². The number of aliphatic hydroxyl groups is 1. The molecular formula is C28H38O8. The summed E-state index contributed by atoms with van der Waals surface area (Å²) in [5, 5.41) is 20.8. The molecule has 0 aliphatic heterocycles. The van der Waals surface area contributed by atoms with E-state index in [4.69, 9.17) is 16.0 Å². The van der Waals surface area contributed by atoms with Gasteiger partial charge in [0, 0.05) is 31.4 Å². The van der Waals surface area contributed by atoms with Crippen molar-refractivity contribution in [1.29, 1.82) is 0 Å². The summed E-state index contributed by atoms with van der Waals surface area (Å²) < 4.78 is 19.9. The van der Waals surface area contributed by atoms with Crippen LogP contribution in [-0.2, 0) is 28.7 Å². The Hall–Kier alpha value is -2.48. The Morgan fingerprint density at radius 1 is 1.25 bits per heavy atom. The predicted octanol–water partition coefficient (Wildman–Crippen LogP) is 3.61.